The summed E-state index contributed by atoms with van der Waals surface area (Å²) in [5.41, 5.74) is 1.22. The summed E-state index contributed by atoms with van der Waals surface area (Å²) >= 11 is 11.7. The van der Waals surface area contributed by atoms with Gasteiger partial charge in [-0.15, -0.1) is 0 Å². The molecule has 0 fully saturated rings. The number of rotatable bonds is 6. The molecule has 27 heavy (non-hydrogen) atoms. The average molecular weight is 408 g/mol. The van der Waals surface area contributed by atoms with Crippen LogP contribution in [0.1, 0.15) is 23.7 Å². The van der Waals surface area contributed by atoms with Gasteiger partial charge in [0, 0.05) is 28.2 Å². The van der Waals surface area contributed by atoms with Crippen molar-refractivity contribution in [1.82, 2.24) is 4.57 Å². The third-order valence-electron chi connectivity index (χ3n) is 3.96. The molecule has 0 radical (unpaired) electrons. The van der Waals surface area contributed by atoms with Crippen LogP contribution in [0.3, 0.4) is 0 Å². The minimum Gasteiger partial charge on any atom is -0.454 e. The Morgan fingerprint density at radius 3 is 2.63 bits per heavy atom. The van der Waals surface area contributed by atoms with Crippen molar-refractivity contribution in [1.29, 1.82) is 0 Å². The monoisotopic (exact) mass is 407 g/mol. The molecule has 0 bridgehead atoms. The van der Waals surface area contributed by atoms with E-state index in [4.69, 9.17) is 32.4 Å². The largest absolute Gasteiger partial charge is 0.454 e. The number of aryl methyl sites for hydroxylation is 1. The van der Waals surface area contributed by atoms with Gasteiger partial charge < -0.3 is 9.15 Å². The summed E-state index contributed by atoms with van der Waals surface area (Å²) in [5, 5.41) is 0.863. The maximum absolute atomic E-state index is 12.3. The molecule has 1 aromatic heterocycles. The second-order valence-corrected chi connectivity index (χ2v) is 6.76. The number of ketones is 1. The molecule has 1 atom stereocenters. The van der Waals surface area contributed by atoms with E-state index >= 15 is 0 Å². The molecule has 2 aromatic carbocycles. The van der Waals surface area contributed by atoms with Gasteiger partial charge in [-0.25, -0.2) is 4.79 Å². The molecule has 3 aromatic rings. The van der Waals surface area contributed by atoms with Crippen LogP contribution in [0.25, 0.3) is 11.1 Å². The zero-order chi connectivity index (χ0) is 19.6. The Bertz CT molecular complexity index is 1070. The first kappa shape index (κ1) is 19.2. The molecule has 0 aliphatic heterocycles. The first-order valence-corrected chi connectivity index (χ1v) is 8.89. The number of nitrogens with zero attached hydrogens (tertiary/aromatic N) is 1. The van der Waals surface area contributed by atoms with Crippen LogP contribution in [-0.4, -0.2) is 22.4 Å². The van der Waals surface area contributed by atoms with Crippen LogP contribution in [0, 0.1) is 0 Å². The Labute approximate surface area is 164 Å². The molecule has 0 amide bonds. The standard InChI is InChI=1S/C19H15Cl2NO5/c1-11(18(24)12-3-2-4-13(20)9-12)26-17(23)7-8-22-15-6-5-14(21)10-16(15)27-19(22)25/h2-6,9-11H,7-8H2,1H3/t11-/m0/s1. The molecule has 0 aliphatic rings. The summed E-state index contributed by atoms with van der Waals surface area (Å²) in [7, 11) is 0. The highest BCUT2D eigenvalue weighted by Gasteiger charge is 2.20. The van der Waals surface area contributed by atoms with Crippen molar-refractivity contribution < 1.29 is 18.7 Å². The maximum atomic E-state index is 12.3. The number of carbonyl (C=O) groups excluding carboxylic acids is 2. The van der Waals surface area contributed by atoms with E-state index in [9.17, 15) is 14.4 Å². The van der Waals surface area contributed by atoms with Crippen molar-refractivity contribution in [3.05, 3.63) is 68.6 Å². The molecule has 0 aliphatic carbocycles. The number of aromatic nitrogens is 1. The lowest BCUT2D eigenvalue weighted by Gasteiger charge is -2.12. The number of halogens is 2. The number of hydrogen-bond donors (Lipinski definition) is 0. The number of carbonyl (C=O) groups is 2. The van der Waals surface area contributed by atoms with Gasteiger partial charge in [-0.1, -0.05) is 35.3 Å². The van der Waals surface area contributed by atoms with Crippen LogP contribution in [0.4, 0.5) is 0 Å². The predicted octanol–water partition coefficient (Wildman–Crippen LogP) is 4.11. The van der Waals surface area contributed by atoms with Gasteiger partial charge in [0.2, 0.25) is 5.78 Å². The quantitative estimate of drug-likeness (QED) is 0.453. The summed E-state index contributed by atoms with van der Waals surface area (Å²) < 4.78 is 11.6. The van der Waals surface area contributed by atoms with Crippen molar-refractivity contribution >= 4 is 46.1 Å². The summed E-state index contributed by atoms with van der Waals surface area (Å²) in [4.78, 5) is 36.3. The van der Waals surface area contributed by atoms with Gasteiger partial charge in [-0.2, -0.15) is 0 Å². The summed E-state index contributed by atoms with van der Waals surface area (Å²) in [6.07, 6.45) is -1.06. The number of oxazole rings is 1. The molecule has 0 saturated carbocycles. The third-order valence-corrected chi connectivity index (χ3v) is 4.43. The molecule has 0 saturated heterocycles. The molecule has 140 valence electrons. The highest BCUT2D eigenvalue weighted by Crippen LogP contribution is 2.19. The van der Waals surface area contributed by atoms with Crippen LogP contribution < -0.4 is 5.76 Å². The Balaban J connectivity index is 1.64. The molecule has 6 nitrogen and oxygen atoms in total. The van der Waals surface area contributed by atoms with Crippen molar-refractivity contribution in [2.24, 2.45) is 0 Å². The zero-order valence-electron chi connectivity index (χ0n) is 14.3. The van der Waals surface area contributed by atoms with E-state index < -0.39 is 17.8 Å². The molecule has 0 spiro atoms. The lowest BCUT2D eigenvalue weighted by molar-refractivity contribution is -0.146. The van der Waals surface area contributed by atoms with Gasteiger partial charge >= 0.3 is 11.7 Å². The van der Waals surface area contributed by atoms with E-state index in [1.54, 1.807) is 30.3 Å². The molecular weight excluding hydrogens is 393 g/mol. The van der Waals surface area contributed by atoms with Gasteiger partial charge in [0.25, 0.3) is 0 Å². The van der Waals surface area contributed by atoms with E-state index in [-0.39, 0.29) is 18.7 Å². The lowest BCUT2D eigenvalue weighted by atomic mass is 10.1. The Morgan fingerprint density at radius 2 is 1.89 bits per heavy atom. The third kappa shape index (κ3) is 4.40. The highest BCUT2D eigenvalue weighted by molar-refractivity contribution is 6.31. The smallest absolute Gasteiger partial charge is 0.419 e. The molecule has 8 heteroatoms. The van der Waals surface area contributed by atoms with Crippen LogP contribution in [0.5, 0.6) is 0 Å². The van der Waals surface area contributed by atoms with Gasteiger partial charge in [-0.3, -0.25) is 14.2 Å². The van der Waals surface area contributed by atoms with Crippen molar-refractivity contribution in [2.45, 2.75) is 26.0 Å². The van der Waals surface area contributed by atoms with E-state index in [2.05, 4.69) is 0 Å². The second kappa shape index (κ2) is 7.98. The van der Waals surface area contributed by atoms with Gasteiger partial charge in [0.1, 0.15) is 0 Å². The van der Waals surface area contributed by atoms with Crippen molar-refractivity contribution in [3.63, 3.8) is 0 Å². The Hall–Kier alpha value is -2.57. The number of hydrogen-bond acceptors (Lipinski definition) is 5. The number of benzene rings is 2. The molecule has 1 heterocycles. The predicted molar refractivity (Wildman–Crippen MR) is 101 cm³/mol. The van der Waals surface area contributed by atoms with E-state index in [0.717, 1.165) is 0 Å². The molecule has 0 unspecified atom stereocenters. The minimum atomic E-state index is -0.965. The summed E-state index contributed by atoms with van der Waals surface area (Å²) in [6.45, 7) is 1.55. The van der Waals surface area contributed by atoms with Crippen molar-refractivity contribution in [2.75, 3.05) is 0 Å². The zero-order valence-corrected chi connectivity index (χ0v) is 15.8. The first-order chi connectivity index (χ1) is 12.8. The SMILES string of the molecule is C[C@H](OC(=O)CCn1c(=O)oc2cc(Cl)ccc21)C(=O)c1cccc(Cl)c1. The maximum Gasteiger partial charge on any atom is 0.419 e. The van der Waals surface area contributed by atoms with Crippen LogP contribution in [-0.2, 0) is 16.1 Å². The highest BCUT2D eigenvalue weighted by atomic mass is 35.5. The fourth-order valence-electron chi connectivity index (χ4n) is 2.64. The van der Waals surface area contributed by atoms with Gasteiger partial charge in [0.15, 0.2) is 11.7 Å². The average Bonchev–Trinajstić information content (AvgIpc) is 2.93. The van der Waals surface area contributed by atoms with Gasteiger partial charge in [0.05, 0.1) is 11.9 Å². The van der Waals surface area contributed by atoms with Gasteiger partial charge in [-0.05, 0) is 31.2 Å². The fourth-order valence-corrected chi connectivity index (χ4v) is 2.99. The lowest BCUT2D eigenvalue weighted by Crippen LogP contribution is -2.25. The summed E-state index contributed by atoms with van der Waals surface area (Å²) in [5.74, 6) is -1.55. The number of ether oxygens (including phenoxy) is 1. The molecular formula is C19H15Cl2NO5. The number of esters is 1. The van der Waals surface area contributed by atoms with E-state index in [1.807, 2.05) is 0 Å². The first-order valence-electron chi connectivity index (χ1n) is 8.13. The molecule has 3 rings (SSSR count). The van der Waals surface area contributed by atoms with Crippen LogP contribution in [0.15, 0.2) is 51.7 Å². The normalized spacial score (nSPS) is 12.1. The van der Waals surface area contributed by atoms with Crippen LogP contribution >= 0.6 is 23.2 Å². The van der Waals surface area contributed by atoms with E-state index in [1.165, 1.54) is 23.6 Å². The number of fused-ring (bicyclic) bond motifs is 1. The van der Waals surface area contributed by atoms with Crippen molar-refractivity contribution in [3.8, 4) is 0 Å². The van der Waals surface area contributed by atoms with E-state index in [0.29, 0.717) is 26.7 Å². The Kier molecular flexibility index (Phi) is 5.68. The second-order valence-electron chi connectivity index (χ2n) is 5.89. The summed E-state index contributed by atoms with van der Waals surface area (Å²) in [6, 6.07) is 11.2. The minimum absolute atomic E-state index is 0.0599. The van der Waals surface area contributed by atoms with Crippen LogP contribution in [0.2, 0.25) is 10.0 Å². The Morgan fingerprint density at radius 1 is 1.15 bits per heavy atom. The molecule has 0 N–H and O–H groups in total. The number of Topliss-reactive ketones (excluding diaryl/α,β-unsaturated/α-hetero) is 1. The fraction of sp³-hybridized carbons (Fsp3) is 0.211. The topological polar surface area (TPSA) is 78.5 Å².